The highest BCUT2D eigenvalue weighted by Crippen LogP contribution is 2.17. The minimum atomic E-state index is -0.227. The van der Waals surface area contributed by atoms with Gasteiger partial charge in [-0.3, -0.25) is 4.79 Å². The molecule has 0 spiro atoms. The highest BCUT2D eigenvalue weighted by molar-refractivity contribution is 7.99. The third-order valence-electron chi connectivity index (χ3n) is 2.98. The molecule has 1 N–H and O–H groups in total. The molecule has 0 aliphatic carbocycles. The first-order valence-corrected chi connectivity index (χ1v) is 8.15. The molecule has 3 rings (SSSR count). The summed E-state index contributed by atoms with van der Waals surface area (Å²) in [5.41, 5.74) is 4.24. The molecule has 0 aliphatic heterocycles. The lowest BCUT2D eigenvalue weighted by Crippen LogP contribution is -2.20. The molecule has 0 saturated heterocycles. The Morgan fingerprint density at radius 2 is 1.83 bits per heavy atom. The van der Waals surface area contributed by atoms with E-state index in [1.807, 2.05) is 60.7 Å². The Balaban J connectivity index is 1.54. The van der Waals surface area contributed by atoms with Gasteiger partial charge in [-0.1, -0.05) is 60.3 Å². The number of carbonyl (C=O) groups is 1. The van der Waals surface area contributed by atoms with Crippen molar-refractivity contribution in [3.63, 3.8) is 0 Å². The van der Waals surface area contributed by atoms with Crippen LogP contribution in [0.2, 0.25) is 0 Å². The van der Waals surface area contributed by atoms with Crippen molar-refractivity contribution in [3.05, 3.63) is 66.2 Å². The number of hydrogen-bond acceptors (Lipinski definition) is 6. The number of hydrazone groups is 1. The van der Waals surface area contributed by atoms with Crippen molar-refractivity contribution < 1.29 is 4.79 Å². The SMILES string of the molecule is O=C(CSc1nnnn1-c1ccccc1)NN=Cc1ccccc1. The number of carbonyl (C=O) groups excluding carboxylic acids is 1. The molecule has 24 heavy (non-hydrogen) atoms. The monoisotopic (exact) mass is 338 g/mol. The summed E-state index contributed by atoms with van der Waals surface area (Å²) in [6.07, 6.45) is 1.59. The van der Waals surface area contributed by atoms with E-state index in [2.05, 4.69) is 26.1 Å². The second-order valence-corrected chi connectivity index (χ2v) is 5.64. The highest BCUT2D eigenvalue weighted by atomic mass is 32.2. The van der Waals surface area contributed by atoms with Crippen LogP contribution in [0.15, 0.2) is 70.9 Å². The zero-order chi connectivity index (χ0) is 16.6. The van der Waals surface area contributed by atoms with E-state index in [9.17, 15) is 4.79 Å². The third-order valence-corrected chi connectivity index (χ3v) is 3.90. The van der Waals surface area contributed by atoms with Gasteiger partial charge in [-0.05, 0) is 28.1 Å². The van der Waals surface area contributed by atoms with Crippen LogP contribution in [-0.4, -0.2) is 38.1 Å². The van der Waals surface area contributed by atoms with Crippen LogP contribution in [-0.2, 0) is 4.79 Å². The van der Waals surface area contributed by atoms with Crippen molar-refractivity contribution in [1.29, 1.82) is 0 Å². The number of nitrogens with one attached hydrogen (secondary N) is 1. The molecule has 120 valence electrons. The quantitative estimate of drug-likeness (QED) is 0.421. The number of para-hydroxylation sites is 1. The maximum Gasteiger partial charge on any atom is 0.250 e. The average Bonchev–Trinajstić information content (AvgIpc) is 3.10. The molecule has 0 radical (unpaired) electrons. The second kappa shape index (κ2) is 8.02. The molecule has 3 aromatic rings. The Morgan fingerprint density at radius 3 is 2.58 bits per heavy atom. The second-order valence-electron chi connectivity index (χ2n) is 4.70. The summed E-state index contributed by atoms with van der Waals surface area (Å²) < 4.78 is 1.59. The Labute approximate surface area is 142 Å². The predicted molar refractivity (Wildman–Crippen MR) is 92.1 cm³/mol. The summed E-state index contributed by atoms with van der Waals surface area (Å²) in [5.74, 6) is -0.0610. The minimum Gasteiger partial charge on any atom is -0.272 e. The van der Waals surface area contributed by atoms with Gasteiger partial charge in [0.15, 0.2) is 0 Å². The molecule has 0 atom stereocenters. The topological polar surface area (TPSA) is 85.1 Å². The smallest absolute Gasteiger partial charge is 0.250 e. The summed E-state index contributed by atoms with van der Waals surface area (Å²) in [6, 6.07) is 19.0. The zero-order valence-corrected chi connectivity index (χ0v) is 13.4. The first-order valence-electron chi connectivity index (χ1n) is 7.16. The van der Waals surface area contributed by atoms with Gasteiger partial charge >= 0.3 is 0 Å². The Kier molecular flexibility index (Phi) is 5.31. The molecule has 1 aromatic heterocycles. The van der Waals surface area contributed by atoms with E-state index in [-0.39, 0.29) is 11.7 Å². The standard InChI is InChI=1S/C16H14N6OS/c23-15(18-17-11-13-7-3-1-4-8-13)12-24-16-19-20-21-22(16)14-9-5-2-6-10-14/h1-11H,12H2,(H,18,23). The van der Waals surface area contributed by atoms with E-state index in [0.717, 1.165) is 11.3 Å². The van der Waals surface area contributed by atoms with E-state index in [4.69, 9.17) is 0 Å². The first kappa shape index (κ1) is 15.9. The highest BCUT2D eigenvalue weighted by Gasteiger charge is 2.10. The lowest BCUT2D eigenvalue weighted by Gasteiger charge is -2.03. The molecule has 0 fully saturated rings. The summed E-state index contributed by atoms with van der Waals surface area (Å²) in [4.78, 5) is 11.9. The molecule has 0 aliphatic rings. The van der Waals surface area contributed by atoms with E-state index < -0.39 is 0 Å². The molecule has 1 heterocycles. The predicted octanol–water partition coefficient (Wildman–Crippen LogP) is 1.90. The number of nitrogens with zero attached hydrogens (tertiary/aromatic N) is 5. The minimum absolute atomic E-state index is 0.166. The van der Waals surface area contributed by atoms with Crippen LogP contribution >= 0.6 is 11.8 Å². The third kappa shape index (κ3) is 4.26. The summed E-state index contributed by atoms with van der Waals surface area (Å²) in [5, 5.41) is 16.0. The molecule has 1 amide bonds. The van der Waals surface area contributed by atoms with Crippen LogP contribution in [0.4, 0.5) is 0 Å². The normalized spacial score (nSPS) is 10.8. The number of rotatable bonds is 6. The van der Waals surface area contributed by atoms with E-state index >= 15 is 0 Å². The summed E-state index contributed by atoms with van der Waals surface area (Å²) in [6.45, 7) is 0. The van der Waals surface area contributed by atoms with Crippen LogP contribution in [0.5, 0.6) is 0 Å². The average molecular weight is 338 g/mol. The van der Waals surface area contributed by atoms with Gasteiger partial charge in [0.05, 0.1) is 17.7 Å². The maximum atomic E-state index is 11.9. The number of thioether (sulfide) groups is 1. The maximum absolute atomic E-state index is 11.9. The number of amides is 1. The van der Waals surface area contributed by atoms with Gasteiger partial charge < -0.3 is 0 Å². The lowest BCUT2D eigenvalue weighted by atomic mass is 10.2. The number of aromatic nitrogens is 4. The van der Waals surface area contributed by atoms with Gasteiger partial charge in [-0.25, -0.2) is 5.43 Å². The molecule has 0 saturated carbocycles. The molecule has 8 heteroatoms. The molecule has 2 aromatic carbocycles. The van der Waals surface area contributed by atoms with E-state index in [0.29, 0.717) is 5.16 Å². The Bertz CT molecular complexity index is 819. The van der Waals surface area contributed by atoms with Gasteiger partial charge in [-0.2, -0.15) is 9.78 Å². The molecule has 0 unspecified atom stereocenters. The van der Waals surface area contributed by atoms with Crippen LogP contribution < -0.4 is 5.43 Å². The Morgan fingerprint density at radius 1 is 1.12 bits per heavy atom. The summed E-state index contributed by atoms with van der Waals surface area (Å²) >= 11 is 1.24. The van der Waals surface area contributed by atoms with Gasteiger partial charge in [0.2, 0.25) is 5.16 Å². The van der Waals surface area contributed by atoms with Crippen molar-refractivity contribution in [2.75, 3.05) is 5.75 Å². The first-order chi connectivity index (χ1) is 11.8. The Hall–Kier alpha value is -3.00. The molecular weight excluding hydrogens is 324 g/mol. The fourth-order valence-corrected chi connectivity index (χ4v) is 2.56. The number of benzene rings is 2. The zero-order valence-electron chi connectivity index (χ0n) is 12.6. The number of hydrogen-bond donors (Lipinski definition) is 1. The van der Waals surface area contributed by atoms with Gasteiger partial charge in [0, 0.05) is 0 Å². The van der Waals surface area contributed by atoms with Gasteiger partial charge in [-0.15, -0.1) is 5.10 Å². The van der Waals surface area contributed by atoms with Crippen molar-refractivity contribution in [1.82, 2.24) is 25.6 Å². The van der Waals surface area contributed by atoms with Crippen molar-refractivity contribution >= 4 is 23.9 Å². The van der Waals surface area contributed by atoms with Crippen molar-refractivity contribution in [2.24, 2.45) is 5.10 Å². The van der Waals surface area contributed by atoms with Gasteiger partial charge in [0.1, 0.15) is 0 Å². The van der Waals surface area contributed by atoms with E-state index in [1.54, 1.807) is 10.9 Å². The molecule has 7 nitrogen and oxygen atoms in total. The molecule has 0 bridgehead atoms. The van der Waals surface area contributed by atoms with Crippen molar-refractivity contribution in [3.8, 4) is 5.69 Å². The van der Waals surface area contributed by atoms with Crippen LogP contribution in [0.1, 0.15) is 5.56 Å². The number of tetrazole rings is 1. The lowest BCUT2D eigenvalue weighted by molar-refractivity contribution is -0.118. The van der Waals surface area contributed by atoms with Gasteiger partial charge in [0.25, 0.3) is 5.91 Å². The van der Waals surface area contributed by atoms with Crippen LogP contribution in [0.25, 0.3) is 5.69 Å². The fraction of sp³-hybridized carbons (Fsp3) is 0.0625. The molecular formula is C16H14N6OS. The van der Waals surface area contributed by atoms with Crippen LogP contribution in [0, 0.1) is 0 Å². The van der Waals surface area contributed by atoms with Crippen molar-refractivity contribution in [2.45, 2.75) is 5.16 Å². The fourth-order valence-electron chi connectivity index (χ4n) is 1.88. The van der Waals surface area contributed by atoms with Crippen LogP contribution in [0.3, 0.4) is 0 Å². The van der Waals surface area contributed by atoms with E-state index in [1.165, 1.54) is 11.8 Å². The summed E-state index contributed by atoms with van der Waals surface area (Å²) in [7, 11) is 0. The largest absolute Gasteiger partial charge is 0.272 e.